The van der Waals surface area contributed by atoms with Crippen LogP contribution in [0.1, 0.15) is 65.8 Å². The molecule has 0 radical (unpaired) electrons. The van der Waals surface area contributed by atoms with E-state index in [4.69, 9.17) is 4.74 Å². The number of hydrogen-bond donors (Lipinski definition) is 1. The second-order valence-corrected chi connectivity index (χ2v) is 7.83. The summed E-state index contributed by atoms with van der Waals surface area (Å²) in [6, 6.07) is 20.4. The Kier molecular flexibility index (Phi) is 8.20. The number of unbranched alkanes of at least 4 members (excludes halogenated alkanes) is 2. The minimum atomic E-state index is -0.976. The van der Waals surface area contributed by atoms with Gasteiger partial charge >= 0.3 is 11.9 Å². The molecule has 4 nitrogen and oxygen atoms in total. The molecule has 0 bridgehead atoms. The lowest BCUT2D eigenvalue weighted by atomic mass is 9.85. The van der Waals surface area contributed by atoms with Gasteiger partial charge in [-0.15, -0.1) is 0 Å². The highest BCUT2D eigenvalue weighted by Gasteiger charge is 2.21. The third kappa shape index (κ3) is 5.25. The predicted octanol–water partition coefficient (Wildman–Crippen LogP) is 7.02. The molecule has 0 saturated carbocycles. The van der Waals surface area contributed by atoms with E-state index in [1.165, 1.54) is 0 Å². The first kappa shape index (κ1) is 23.3. The summed E-state index contributed by atoms with van der Waals surface area (Å²) < 4.78 is 5.57. The van der Waals surface area contributed by atoms with Crippen molar-refractivity contribution in [1.29, 1.82) is 0 Å². The van der Waals surface area contributed by atoms with Gasteiger partial charge in [0, 0.05) is 0 Å². The normalized spacial score (nSPS) is 10.7. The Morgan fingerprint density at radius 1 is 0.750 bits per heavy atom. The Morgan fingerprint density at radius 2 is 1.41 bits per heavy atom. The van der Waals surface area contributed by atoms with Crippen molar-refractivity contribution in [1.82, 2.24) is 0 Å². The van der Waals surface area contributed by atoms with Crippen molar-refractivity contribution < 1.29 is 19.4 Å². The number of esters is 1. The van der Waals surface area contributed by atoms with Gasteiger partial charge < -0.3 is 9.84 Å². The molecule has 0 heterocycles. The van der Waals surface area contributed by atoms with Gasteiger partial charge in [-0.3, -0.25) is 0 Å². The maximum atomic E-state index is 13.0. The van der Waals surface area contributed by atoms with Crippen LogP contribution in [-0.2, 0) is 11.2 Å². The zero-order valence-corrected chi connectivity index (χ0v) is 18.8. The van der Waals surface area contributed by atoms with Gasteiger partial charge in [-0.05, 0) is 52.8 Å². The monoisotopic (exact) mass is 430 g/mol. The van der Waals surface area contributed by atoms with Crippen LogP contribution in [0.5, 0.6) is 0 Å². The molecular weight excluding hydrogens is 400 g/mol. The van der Waals surface area contributed by atoms with E-state index in [-0.39, 0.29) is 11.5 Å². The van der Waals surface area contributed by atoms with Crippen LogP contribution in [-0.4, -0.2) is 23.7 Å². The number of carbonyl (C=O) groups excluding carboxylic acids is 1. The molecule has 0 aliphatic rings. The summed E-state index contributed by atoms with van der Waals surface area (Å²) in [6.07, 6.45) is 4.67. The van der Waals surface area contributed by atoms with Gasteiger partial charge in [0.1, 0.15) is 0 Å². The lowest BCUT2D eigenvalue weighted by Gasteiger charge is -2.19. The number of aryl methyl sites for hydroxylation is 1. The Balaban J connectivity index is 2.17. The van der Waals surface area contributed by atoms with E-state index >= 15 is 0 Å². The van der Waals surface area contributed by atoms with Crippen molar-refractivity contribution in [2.24, 2.45) is 0 Å². The molecule has 166 valence electrons. The zero-order chi connectivity index (χ0) is 22.9. The summed E-state index contributed by atoms with van der Waals surface area (Å²) in [7, 11) is 0. The van der Waals surface area contributed by atoms with Crippen LogP contribution >= 0.6 is 0 Å². The molecule has 0 aliphatic carbocycles. The van der Waals surface area contributed by atoms with Crippen LogP contribution in [0.4, 0.5) is 0 Å². The molecule has 0 aromatic heterocycles. The van der Waals surface area contributed by atoms with Crippen LogP contribution in [0.25, 0.3) is 22.3 Å². The van der Waals surface area contributed by atoms with Crippen LogP contribution in [0.3, 0.4) is 0 Å². The minimum absolute atomic E-state index is 0.238. The molecule has 0 amide bonds. The molecule has 0 unspecified atom stereocenters. The Labute approximate surface area is 189 Å². The topological polar surface area (TPSA) is 63.6 Å². The smallest absolute Gasteiger partial charge is 0.338 e. The van der Waals surface area contributed by atoms with Gasteiger partial charge in [-0.25, -0.2) is 9.59 Å². The predicted molar refractivity (Wildman–Crippen MR) is 128 cm³/mol. The van der Waals surface area contributed by atoms with Crippen LogP contribution in [0.15, 0.2) is 66.7 Å². The molecule has 4 heteroatoms. The van der Waals surface area contributed by atoms with E-state index in [0.29, 0.717) is 17.7 Å². The van der Waals surface area contributed by atoms with Crippen molar-refractivity contribution in [3.05, 3.63) is 83.4 Å². The number of carboxylic acid groups (broad SMARTS) is 1. The van der Waals surface area contributed by atoms with Crippen molar-refractivity contribution in [3.63, 3.8) is 0 Å². The fourth-order valence-electron chi connectivity index (χ4n) is 4.00. The number of ether oxygens (including phenoxy) is 1. The largest absolute Gasteiger partial charge is 0.478 e. The number of benzene rings is 3. The van der Waals surface area contributed by atoms with E-state index < -0.39 is 5.97 Å². The third-order valence-corrected chi connectivity index (χ3v) is 5.52. The highest BCUT2D eigenvalue weighted by Crippen LogP contribution is 2.39. The highest BCUT2D eigenvalue weighted by atomic mass is 16.5. The molecular formula is C28H30O4. The molecule has 0 atom stereocenters. The molecule has 0 spiro atoms. The standard InChI is InChI=1S/C28H30O4/c1-3-5-10-19-32-28(31)25-17-9-7-15-23(25)26-20(12-4-2)13-11-18-22(26)21-14-6-8-16-24(21)27(29)30/h6-9,11,13-18H,3-5,10,12,19H2,1-2H3,(H,29,30). The van der Waals surface area contributed by atoms with Gasteiger partial charge in [-0.2, -0.15) is 0 Å². The number of carboxylic acids is 1. The SMILES string of the molecule is CCCCCOC(=O)c1ccccc1-c1c(CCC)cccc1-c1ccccc1C(=O)O. The first-order valence-corrected chi connectivity index (χ1v) is 11.3. The molecule has 3 aromatic carbocycles. The van der Waals surface area contributed by atoms with Gasteiger partial charge in [-0.1, -0.05) is 87.7 Å². The van der Waals surface area contributed by atoms with E-state index in [2.05, 4.69) is 19.9 Å². The van der Waals surface area contributed by atoms with Crippen LogP contribution in [0, 0.1) is 0 Å². The lowest BCUT2D eigenvalue weighted by molar-refractivity contribution is 0.0498. The van der Waals surface area contributed by atoms with Crippen LogP contribution < -0.4 is 0 Å². The summed E-state index contributed by atoms with van der Waals surface area (Å²) in [4.78, 5) is 24.9. The maximum Gasteiger partial charge on any atom is 0.338 e. The lowest BCUT2D eigenvalue weighted by Crippen LogP contribution is -2.09. The Bertz CT molecular complexity index is 1080. The fraction of sp³-hybridized carbons (Fsp3) is 0.286. The first-order chi connectivity index (χ1) is 15.6. The molecule has 32 heavy (non-hydrogen) atoms. The average molecular weight is 431 g/mol. The maximum absolute atomic E-state index is 13.0. The molecule has 0 fully saturated rings. The summed E-state index contributed by atoms with van der Waals surface area (Å²) in [6.45, 7) is 4.61. The number of hydrogen-bond acceptors (Lipinski definition) is 3. The van der Waals surface area contributed by atoms with E-state index in [0.717, 1.165) is 54.4 Å². The summed E-state index contributed by atoms with van der Waals surface area (Å²) in [5.41, 5.74) is 4.93. The van der Waals surface area contributed by atoms with Gasteiger partial charge in [0.15, 0.2) is 0 Å². The quantitative estimate of drug-likeness (QED) is 0.277. The number of aromatic carboxylic acids is 1. The molecule has 1 N–H and O–H groups in total. The number of carbonyl (C=O) groups is 2. The van der Waals surface area contributed by atoms with Crippen LogP contribution in [0.2, 0.25) is 0 Å². The second-order valence-electron chi connectivity index (χ2n) is 7.83. The van der Waals surface area contributed by atoms with Crippen molar-refractivity contribution in [2.75, 3.05) is 6.61 Å². The fourth-order valence-corrected chi connectivity index (χ4v) is 4.00. The minimum Gasteiger partial charge on any atom is -0.478 e. The molecule has 0 saturated heterocycles. The second kappa shape index (κ2) is 11.3. The van der Waals surface area contributed by atoms with E-state index in [1.54, 1.807) is 18.2 Å². The third-order valence-electron chi connectivity index (χ3n) is 5.52. The Morgan fingerprint density at radius 3 is 2.09 bits per heavy atom. The summed E-state index contributed by atoms with van der Waals surface area (Å²) in [5.74, 6) is -1.32. The van der Waals surface area contributed by atoms with Gasteiger partial charge in [0.2, 0.25) is 0 Å². The van der Waals surface area contributed by atoms with Gasteiger partial charge in [0.25, 0.3) is 0 Å². The van der Waals surface area contributed by atoms with E-state index in [1.807, 2.05) is 42.5 Å². The van der Waals surface area contributed by atoms with Crippen molar-refractivity contribution in [3.8, 4) is 22.3 Å². The zero-order valence-electron chi connectivity index (χ0n) is 18.8. The first-order valence-electron chi connectivity index (χ1n) is 11.3. The van der Waals surface area contributed by atoms with Crippen molar-refractivity contribution in [2.45, 2.75) is 46.0 Å². The summed E-state index contributed by atoms with van der Waals surface area (Å²) in [5, 5.41) is 9.77. The number of rotatable bonds is 10. The Hall–Kier alpha value is -3.40. The summed E-state index contributed by atoms with van der Waals surface area (Å²) >= 11 is 0. The molecule has 0 aliphatic heterocycles. The van der Waals surface area contributed by atoms with E-state index in [9.17, 15) is 14.7 Å². The molecule has 3 aromatic rings. The van der Waals surface area contributed by atoms with Gasteiger partial charge in [0.05, 0.1) is 17.7 Å². The van der Waals surface area contributed by atoms with Crippen molar-refractivity contribution >= 4 is 11.9 Å². The average Bonchev–Trinajstić information content (AvgIpc) is 2.82. The highest BCUT2D eigenvalue weighted by molar-refractivity contribution is 6.03. The molecule has 3 rings (SSSR count).